The lowest BCUT2D eigenvalue weighted by atomic mass is 9.65. The maximum Gasteiger partial charge on any atom is 0.0223 e. The summed E-state index contributed by atoms with van der Waals surface area (Å²) in [6, 6.07) is 21.8. The quantitative estimate of drug-likeness (QED) is 0.700. The van der Waals surface area contributed by atoms with Crippen LogP contribution in [0.15, 0.2) is 60.7 Å². The molecule has 0 spiro atoms. The molecule has 0 aliphatic rings. The zero-order valence-corrected chi connectivity index (χ0v) is 11.6. The highest BCUT2D eigenvalue weighted by Crippen LogP contribution is 2.41. The maximum atomic E-state index is 2.32. The monoisotopic (exact) mass is 238 g/mol. The molecule has 0 N–H and O–H groups in total. The van der Waals surface area contributed by atoms with E-state index in [9.17, 15) is 0 Å². The topological polar surface area (TPSA) is 0 Å². The first-order valence-electron chi connectivity index (χ1n) is 6.83. The molecular weight excluding hydrogens is 216 g/mol. The molecule has 94 valence electrons. The minimum absolute atomic E-state index is 0.128. The molecule has 0 unspecified atom stereocenters. The Morgan fingerprint density at radius 1 is 0.778 bits per heavy atom. The highest BCUT2D eigenvalue weighted by molar-refractivity contribution is 5.39. The Morgan fingerprint density at radius 3 is 1.44 bits per heavy atom. The fourth-order valence-corrected chi connectivity index (χ4v) is 3.12. The molecule has 2 rings (SSSR count). The minimum atomic E-state index is 0.128. The van der Waals surface area contributed by atoms with Gasteiger partial charge in [0.05, 0.1) is 0 Å². The Labute approximate surface area is 111 Å². The van der Waals surface area contributed by atoms with Crippen molar-refractivity contribution in [2.24, 2.45) is 5.92 Å². The van der Waals surface area contributed by atoms with Gasteiger partial charge in [0.1, 0.15) is 0 Å². The number of benzene rings is 2. The molecule has 2 aromatic rings. The summed E-state index contributed by atoms with van der Waals surface area (Å²) in [4.78, 5) is 0. The first-order valence-corrected chi connectivity index (χ1v) is 6.83. The zero-order chi connectivity index (χ0) is 13.0. The second-order valence-electron chi connectivity index (χ2n) is 5.21. The van der Waals surface area contributed by atoms with Crippen molar-refractivity contribution in [1.29, 1.82) is 0 Å². The van der Waals surface area contributed by atoms with Crippen molar-refractivity contribution in [1.82, 2.24) is 0 Å². The van der Waals surface area contributed by atoms with Crippen LogP contribution in [-0.2, 0) is 5.41 Å². The van der Waals surface area contributed by atoms with Gasteiger partial charge in [-0.2, -0.15) is 0 Å². The second kappa shape index (κ2) is 5.39. The molecule has 0 bridgehead atoms. The second-order valence-corrected chi connectivity index (χ2v) is 5.21. The van der Waals surface area contributed by atoms with Crippen LogP contribution in [-0.4, -0.2) is 0 Å². The third kappa shape index (κ3) is 2.08. The van der Waals surface area contributed by atoms with Gasteiger partial charge in [-0.25, -0.2) is 0 Å². The SMILES string of the molecule is CCC(c1ccccc1)(c1ccccc1)C(C)C. The van der Waals surface area contributed by atoms with Crippen LogP contribution in [0.4, 0.5) is 0 Å². The maximum absolute atomic E-state index is 2.32. The molecule has 2 aromatic carbocycles. The van der Waals surface area contributed by atoms with Crippen molar-refractivity contribution < 1.29 is 0 Å². The number of hydrogen-bond donors (Lipinski definition) is 0. The van der Waals surface area contributed by atoms with Crippen molar-refractivity contribution in [3.8, 4) is 0 Å². The highest BCUT2D eigenvalue weighted by atomic mass is 14.4. The zero-order valence-electron chi connectivity index (χ0n) is 11.6. The van der Waals surface area contributed by atoms with Gasteiger partial charge < -0.3 is 0 Å². The summed E-state index contributed by atoms with van der Waals surface area (Å²) in [6.07, 6.45) is 1.12. The van der Waals surface area contributed by atoms with E-state index in [1.54, 1.807) is 0 Å². The summed E-state index contributed by atoms with van der Waals surface area (Å²) < 4.78 is 0. The smallest absolute Gasteiger partial charge is 0.0223 e. The molecule has 18 heavy (non-hydrogen) atoms. The van der Waals surface area contributed by atoms with Crippen LogP contribution in [0.1, 0.15) is 38.3 Å². The van der Waals surface area contributed by atoms with E-state index < -0.39 is 0 Å². The summed E-state index contributed by atoms with van der Waals surface area (Å²) in [5.74, 6) is 0.576. The summed E-state index contributed by atoms with van der Waals surface area (Å²) in [6.45, 7) is 6.94. The van der Waals surface area contributed by atoms with Crippen LogP contribution in [0.3, 0.4) is 0 Å². The largest absolute Gasteiger partial charge is 0.0642 e. The van der Waals surface area contributed by atoms with E-state index in [0.717, 1.165) is 6.42 Å². The number of rotatable bonds is 4. The highest BCUT2D eigenvalue weighted by Gasteiger charge is 2.35. The standard InChI is InChI=1S/C18H22/c1-4-18(15(2)3,16-11-7-5-8-12-16)17-13-9-6-10-14-17/h5-15H,4H2,1-3H3. The Kier molecular flexibility index (Phi) is 3.86. The normalized spacial score (nSPS) is 11.8. The molecule has 0 amide bonds. The van der Waals surface area contributed by atoms with E-state index in [-0.39, 0.29) is 5.41 Å². The first-order chi connectivity index (χ1) is 8.71. The first kappa shape index (κ1) is 12.9. The van der Waals surface area contributed by atoms with Gasteiger partial charge in [0.2, 0.25) is 0 Å². The van der Waals surface area contributed by atoms with Gasteiger partial charge in [-0.3, -0.25) is 0 Å². The Morgan fingerprint density at radius 2 is 1.17 bits per heavy atom. The lowest BCUT2D eigenvalue weighted by molar-refractivity contribution is 0.358. The van der Waals surface area contributed by atoms with Gasteiger partial charge in [0.25, 0.3) is 0 Å². The summed E-state index contributed by atoms with van der Waals surface area (Å²) in [7, 11) is 0. The van der Waals surface area contributed by atoms with Gasteiger partial charge in [-0.05, 0) is 23.5 Å². The van der Waals surface area contributed by atoms with E-state index in [1.807, 2.05) is 0 Å². The molecule has 0 saturated carbocycles. The third-order valence-corrected chi connectivity index (χ3v) is 4.12. The van der Waals surface area contributed by atoms with Gasteiger partial charge in [-0.15, -0.1) is 0 Å². The van der Waals surface area contributed by atoms with Crippen LogP contribution >= 0.6 is 0 Å². The molecule has 0 nitrogen and oxygen atoms in total. The van der Waals surface area contributed by atoms with Crippen LogP contribution in [0.2, 0.25) is 0 Å². The molecule has 0 fully saturated rings. The summed E-state index contributed by atoms with van der Waals surface area (Å²) in [5, 5.41) is 0. The predicted octanol–water partition coefficient (Wildman–Crippen LogP) is 5.04. The molecule has 0 aliphatic heterocycles. The average Bonchev–Trinajstić information content (AvgIpc) is 2.42. The van der Waals surface area contributed by atoms with Crippen molar-refractivity contribution in [2.75, 3.05) is 0 Å². The summed E-state index contributed by atoms with van der Waals surface area (Å²) >= 11 is 0. The number of hydrogen-bond acceptors (Lipinski definition) is 0. The minimum Gasteiger partial charge on any atom is -0.0642 e. The van der Waals surface area contributed by atoms with Crippen molar-refractivity contribution in [3.63, 3.8) is 0 Å². The lowest BCUT2D eigenvalue weighted by Crippen LogP contribution is -2.33. The van der Waals surface area contributed by atoms with E-state index in [1.165, 1.54) is 11.1 Å². The molecule has 0 aliphatic carbocycles. The molecule has 0 saturated heterocycles. The van der Waals surface area contributed by atoms with Gasteiger partial charge >= 0.3 is 0 Å². The Balaban J connectivity index is 2.61. The van der Waals surface area contributed by atoms with Crippen LogP contribution in [0, 0.1) is 5.92 Å². The summed E-state index contributed by atoms with van der Waals surface area (Å²) in [5.41, 5.74) is 2.98. The van der Waals surface area contributed by atoms with E-state index in [4.69, 9.17) is 0 Å². The van der Waals surface area contributed by atoms with Crippen molar-refractivity contribution in [2.45, 2.75) is 32.6 Å². The van der Waals surface area contributed by atoms with E-state index in [0.29, 0.717) is 5.92 Å². The Bertz CT molecular complexity index is 428. The third-order valence-electron chi connectivity index (χ3n) is 4.12. The molecule has 0 heterocycles. The van der Waals surface area contributed by atoms with Crippen LogP contribution in [0.5, 0.6) is 0 Å². The van der Waals surface area contributed by atoms with Crippen molar-refractivity contribution >= 4 is 0 Å². The fourth-order valence-electron chi connectivity index (χ4n) is 3.12. The average molecular weight is 238 g/mol. The van der Waals surface area contributed by atoms with E-state index >= 15 is 0 Å². The van der Waals surface area contributed by atoms with Gasteiger partial charge in [0.15, 0.2) is 0 Å². The molecule has 0 atom stereocenters. The molecular formula is C18H22. The predicted molar refractivity (Wildman–Crippen MR) is 78.8 cm³/mol. The Hall–Kier alpha value is -1.56. The molecule has 0 heteroatoms. The van der Waals surface area contributed by atoms with Crippen molar-refractivity contribution in [3.05, 3.63) is 71.8 Å². The fraction of sp³-hybridized carbons (Fsp3) is 0.333. The van der Waals surface area contributed by atoms with E-state index in [2.05, 4.69) is 81.4 Å². The van der Waals surface area contributed by atoms with Crippen LogP contribution < -0.4 is 0 Å². The van der Waals surface area contributed by atoms with Crippen LogP contribution in [0.25, 0.3) is 0 Å². The van der Waals surface area contributed by atoms with Gasteiger partial charge in [0, 0.05) is 5.41 Å². The lowest BCUT2D eigenvalue weighted by Gasteiger charge is -2.38. The molecule has 0 aromatic heterocycles. The molecule has 0 radical (unpaired) electrons. The van der Waals surface area contributed by atoms with Gasteiger partial charge in [-0.1, -0.05) is 81.4 Å².